The number of hydrogen-bond acceptors (Lipinski definition) is 7. The minimum Gasteiger partial charge on any atom is -0.352 e. The molecule has 30 heavy (non-hydrogen) atoms. The molecule has 4 rings (SSSR count). The number of non-ortho nitro benzene ring substituents is 1. The lowest BCUT2D eigenvalue weighted by Gasteiger charge is -2.35. The Labute approximate surface area is 172 Å². The number of hydrogen-bond donors (Lipinski definition) is 0. The monoisotopic (exact) mass is 407 g/mol. The van der Waals surface area contributed by atoms with E-state index >= 15 is 0 Å². The molecule has 0 spiro atoms. The summed E-state index contributed by atoms with van der Waals surface area (Å²) in [5, 5.41) is 19.4. The number of carbonyl (C=O) groups excluding carboxylic acids is 1. The Morgan fingerprint density at radius 1 is 1.03 bits per heavy atom. The first-order valence-corrected chi connectivity index (χ1v) is 9.61. The van der Waals surface area contributed by atoms with E-state index in [-0.39, 0.29) is 18.0 Å². The molecule has 0 radical (unpaired) electrons. The summed E-state index contributed by atoms with van der Waals surface area (Å²) in [6, 6.07) is 9.94. The summed E-state index contributed by atoms with van der Waals surface area (Å²) in [5.41, 5.74) is 0.791. The van der Waals surface area contributed by atoms with E-state index in [9.17, 15) is 14.9 Å². The zero-order chi connectivity index (χ0) is 21.1. The number of imidazole rings is 1. The van der Waals surface area contributed by atoms with Crippen LogP contribution in [0, 0.1) is 17.0 Å². The highest BCUT2D eigenvalue weighted by Gasteiger charge is 2.22. The minimum atomic E-state index is -0.448. The maximum atomic E-state index is 12.6. The topological polar surface area (TPSA) is 110 Å². The van der Waals surface area contributed by atoms with Gasteiger partial charge in [-0.05, 0) is 24.6 Å². The molecular weight excluding hydrogens is 386 g/mol. The second-order valence-corrected chi connectivity index (χ2v) is 7.06. The zero-order valence-corrected chi connectivity index (χ0v) is 16.5. The number of aromatic nitrogens is 4. The van der Waals surface area contributed by atoms with Gasteiger partial charge in [-0.1, -0.05) is 12.1 Å². The molecule has 1 aliphatic rings. The predicted octanol–water partition coefficient (Wildman–Crippen LogP) is 1.77. The average molecular weight is 407 g/mol. The fourth-order valence-corrected chi connectivity index (χ4v) is 3.44. The van der Waals surface area contributed by atoms with Crippen molar-refractivity contribution in [3.63, 3.8) is 0 Å². The van der Waals surface area contributed by atoms with Crippen molar-refractivity contribution in [2.45, 2.75) is 13.3 Å². The second-order valence-electron chi connectivity index (χ2n) is 7.06. The molecule has 1 saturated heterocycles. The largest absolute Gasteiger partial charge is 0.352 e. The van der Waals surface area contributed by atoms with Crippen LogP contribution in [-0.4, -0.2) is 61.7 Å². The number of nitro groups is 1. The van der Waals surface area contributed by atoms with Gasteiger partial charge in [0.2, 0.25) is 5.91 Å². The molecule has 0 N–H and O–H groups in total. The summed E-state index contributed by atoms with van der Waals surface area (Å²) < 4.78 is 1.87. The van der Waals surface area contributed by atoms with E-state index in [0.717, 1.165) is 17.2 Å². The summed E-state index contributed by atoms with van der Waals surface area (Å²) in [6.45, 7) is 4.43. The van der Waals surface area contributed by atoms with Gasteiger partial charge < -0.3 is 9.80 Å². The van der Waals surface area contributed by atoms with Crippen LogP contribution in [0.15, 0.2) is 48.8 Å². The number of nitro benzene ring substituents is 1. The van der Waals surface area contributed by atoms with E-state index in [1.165, 1.54) is 12.1 Å². The molecule has 0 bridgehead atoms. The first-order chi connectivity index (χ1) is 14.5. The van der Waals surface area contributed by atoms with E-state index < -0.39 is 4.92 Å². The van der Waals surface area contributed by atoms with Crippen molar-refractivity contribution in [3.05, 3.63) is 70.3 Å². The summed E-state index contributed by atoms with van der Waals surface area (Å²) in [4.78, 5) is 31.0. The van der Waals surface area contributed by atoms with Crippen LogP contribution in [-0.2, 0) is 11.2 Å². The van der Waals surface area contributed by atoms with Gasteiger partial charge in [0.15, 0.2) is 11.6 Å². The Hall–Kier alpha value is -3.82. The van der Waals surface area contributed by atoms with Gasteiger partial charge >= 0.3 is 0 Å². The van der Waals surface area contributed by atoms with Crippen molar-refractivity contribution >= 4 is 17.4 Å². The third-order valence-corrected chi connectivity index (χ3v) is 5.17. The Morgan fingerprint density at radius 2 is 1.70 bits per heavy atom. The predicted molar refractivity (Wildman–Crippen MR) is 109 cm³/mol. The zero-order valence-electron chi connectivity index (χ0n) is 16.5. The summed E-state index contributed by atoms with van der Waals surface area (Å²) in [6.07, 6.45) is 3.79. The molecule has 154 valence electrons. The number of aryl methyl sites for hydroxylation is 1. The SMILES string of the molecule is Cc1nccn1-c1ccc(N2CCN(C(=O)Cc3ccc([N+](=O)[O-])cc3)CC2)nn1. The molecule has 1 fully saturated rings. The van der Waals surface area contributed by atoms with Gasteiger partial charge in [-0.3, -0.25) is 19.5 Å². The fourth-order valence-electron chi connectivity index (χ4n) is 3.44. The van der Waals surface area contributed by atoms with Gasteiger partial charge in [-0.15, -0.1) is 10.2 Å². The van der Waals surface area contributed by atoms with Gasteiger partial charge in [-0.25, -0.2) is 4.98 Å². The van der Waals surface area contributed by atoms with Crippen molar-refractivity contribution in [3.8, 4) is 5.82 Å². The standard InChI is InChI=1S/C20H21N7O3/c1-15-21-8-9-26(15)19-7-6-18(22-23-19)24-10-12-25(13-11-24)20(28)14-16-2-4-17(5-3-16)27(29)30/h2-9H,10-14H2,1H3. The Kier molecular flexibility index (Phi) is 5.38. The Bertz CT molecular complexity index is 1040. The number of nitrogens with zero attached hydrogens (tertiary/aromatic N) is 7. The van der Waals surface area contributed by atoms with E-state index in [1.54, 1.807) is 18.3 Å². The van der Waals surface area contributed by atoms with Crippen LogP contribution < -0.4 is 4.90 Å². The average Bonchev–Trinajstić information content (AvgIpc) is 3.20. The molecule has 0 saturated carbocycles. The van der Waals surface area contributed by atoms with Gasteiger partial charge in [0.05, 0.1) is 11.3 Å². The number of rotatable bonds is 5. The van der Waals surface area contributed by atoms with E-state index in [0.29, 0.717) is 32.0 Å². The van der Waals surface area contributed by atoms with Gasteiger partial charge in [0.25, 0.3) is 5.69 Å². The molecule has 1 aromatic carbocycles. The first kappa shape index (κ1) is 19.5. The molecule has 1 aliphatic heterocycles. The third-order valence-electron chi connectivity index (χ3n) is 5.17. The highest BCUT2D eigenvalue weighted by atomic mass is 16.6. The molecule has 0 unspecified atom stereocenters. The number of benzene rings is 1. The van der Waals surface area contributed by atoms with E-state index in [4.69, 9.17) is 0 Å². The number of amides is 1. The molecule has 10 heteroatoms. The maximum Gasteiger partial charge on any atom is 0.269 e. The van der Waals surface area contributed by atoms with Crippen molar-refractivity contribution in [2.75, 3.05) is 31.1 Å². The van der Waals surface area contributed by atoms with Crippen molar-refractivity contribution < 1.29 is 9.72 Å². The molecule has 0 atom stereocenters. The highest BCUT2D eigenvalue weighted by Crippen LogP contribution is 2.17. The van der Waals surface area contributed by atoms with Crippen LogP contribution in [0.25, 0.3) is 5.82 Å². The van der Waals surface area contributed by atoms with Crippen LogP contribution in [0.1, 0.15) is 11.4 Å². The normalized spacial score (nSPS) is 14.0. The van der Waals surface area contributed by atoms with Crippen molar-refractivity contribution in [1.82, 2.24) is 24.6 Å². The highest BCUT2D eigenvalue weighted by molar-refractivity contribution is 5.79. The van der Waals surface area contributed by atoms with Gasteiger partial charge in [0.1, 0.15) is 5.82 Å². The molecule has 2 aromatic heterocycles. The summed E-state index contributed by atoms with van der Waals surface area (Å²) in [7, 11) is 0. The summed E-state index contributed by atoms with van der Waals surface area (Å²) in [5.74, 6) is 2.35. The molecule has 3 aromatic rings. The van der Waals surface area contributed by atoms with Gasteiger partial charge in [-0.2, -0.15) is 0 Å². The number of piperazine rings is 1. The lowest BCUT2D eigenvalue weighted by molar-refractivity contribution is -0.384. The lowest BCUT2D eigenvalue weighted by Crippen LogP contribution is -2.49. The van der Waals surface area contributed by atoms with Crippen molar-refractivity contribution in [2.24, 2.45) is 0 Å². The smallest absolute Gasteiger partial charge is 0.269 e. The molecule has 0 aliphatic carbocycles. The summed E-state index contributed by atoms with van der Waals surface area (Å²) >= 11 is 0. The number of carbonyl (C=O) groups is 1. The quantitative estimate of drug-likeness (QED) is 0.468. The number of anilines is 1. The third kappa shape index (κ3) is 4.12. The Balaban J connectivity index is 1.32. The second kappa shape index (κ2) is 8.27. The van der Waals surface area contributed by atoms with Crippen LogP contribution in [0.4, 0.5) is 11.5 Å². The van der Waals surface area contributed by atoms with E-state index in [1.807, 2.05) is 34.7 Å². The van der Waals surface area contributed by atoms with E-state index in [2.05, 4.69) is 20.1 Å². The minimum absolute atomic E-state index is 0.0144. The molecule has 10 nitrogen and oxygen atoms in total. The maximum absolute atomic E-state index is 12.6. The van der Waals surface area contributed by atoms with Crippen LogP contribution >= 0.6 is 0 Å². The molecule has 1 amide bonds. The first-order valence-electron chi connectivity index (χ1n) is 9.61. The molecular formula is C20H21N7O3. The van der Waals surface area contributed by atoms with Crippen molar-refractivity contribution in [1.29, 1.82) is 0 Å². The van der Waals surface area contributed by atoms with Gasteiger partial charge in [0, 0.05) is 50.7 Å². The Morgan fingerprint density at radius 3 is 2.27 bits per heavy atom. The van der Waals surface area contributed by atoms with Crippen LogP contribution in [0.2, 0.25) is 0 Å². The molecule has 3 heterocycles. The van der Waals surface area contributed by atoms with Crippen LogP contribution in [0.5, 0.6) is 0 Å². The fraction of sp³-hybridized carbons (Fsp3) is 0.300. The lowest BCUT2D eigenvalue weighted by atomic mass is 10.1. The van der Waals surface area contributed by atoms with Crippen LogP contribution in [0.3, 0.4) is 0 Å².